The average molecular weight is 235 g/mol. The molecule has 0 radical (unpaired) electrons. The minimum absolute atomic E-state index is 0.0742. The molecule has 94 valence electrons. The second-order valence-electron chi connectivity index (χ2n) is 4.40. The first kappa shape index (κ1) is 13.6. The Labute approximate surface area is 103 Å². The van der Waals surface area contributed by atoms with E-state index in [0.717, 1.165) is 16.9 Å². The topological polar surface area (TPSA) is 38.3 Å². The molecule has 0 aromatic heterocycles. The molecule has 1 rings (SSSR count). The molecule has 0 bridgehead atoms. The number of carbonyl (C=O) groups is 1. The van der Waals surface area contributed by atoms with Gasteiger partial charge in [0, 0.05) is 13.0 Å². The molecule has 3 nitrogen and oxygen atoms in total. The Hall–Kier alpha value is -1.51. The van der Waals surface area contributed by atoms with Crippen molar-refractivity contribution in [1.82, 2.24) is 5.32 Å². The van der Waals surface area contributed by atoms with Gasteiger partial charge >= 0.3 is 0 Å². The Morgan fingerprint density at radius 1 is 1.41 bits per heavy atom. The van der Waals surface area contributed by atoms with E-state index in [-0.39, 0.29) is 12.0 Å². The fraction of sp³-hybridized carbons (Fsp3) is 0.500. The number of hydrogen-bond donors (Lipinski definition) is 1. The Bertz CT molecular complexity index is 386. The third-order valence-corrected chi connectivity index (χ3v) is 2.41. The van der Waals surface area contributed by atoms with Crippen molar-refractivity contribution in [2.24, 2.45) is 0 Å². The highest BCUT2D eigenvalue weighted by atomic mass is 16.5. The zero-order valence-electron chi connectivity index (χ0n) is 11.0. The van der Waals surface area contributed by atoms with Crippen molar-refractivity contribution < 1.29 is 9.53 Å². The lowest BCUT2D eigenvalue weighted by atomic mass is 10.1. The van der Waals surface area contributed by atoms with Crippen LogP contribution in [0.5, 0.6) is 5.75 Å². The number of carbonyl (C=O) groups excluding carboxylic acids is 1. The molecule has 0 atom stereocenters. The number of amides is 1. The summed E-state index contributed by atoms with van der Waals surface area (Å²) in [5.41, 5.74) is 2.20. The number of benzene rings is 1. The molecule has 1 aromatic rings. The van der Waals surface area contributed by atoms with Gasteiger partial charge in [-0.05, 0) is 38.0 Å². The van der Waals surface area contributed by atoms with Crippen LogP contribution in [0.1, 0.15) is 38.3 Å². The van der Waals surface area contributed by atoms with E-state index < -0.39 is 0 Å². The smallest absolute Gasteiger partial charge is 0.219 e. The monoisotopic (exact) mass is 235 g/mol. The van der Waals surface area contributed by atoms with Crippen molar-refractivity contribution in [2.75, 3.05) is 0 Å². The van der Waals surface area contributed by atoms with Crippen molar-refractivity contribution in [3.8, 4) is 5.75 Å². The van der Waals surface area contributed by atoms with Gasteiger partial charge in [0.1, 0.15) is 5.75 Å². The van der Waals surface area contributed by atoms with Crippen LogP contribution in [0.2, 0.25) is 0 Å². The maximum absolute atomic E-state index is 11.1. The summed E-state index contributed by atoms with van der Waals surface area (Å²) in [5, 5.41) is 2.86. The molecule has 1 amide bonds. The summed E-state index contributed by atoms with van der Waals surface area (Å²) in [7, 11) is 0. The molecule has 0 aliphatic carbocycles. The molecule has 0 unspecified atom stereocenters. The predicted octanol–water partition coefficient (Wildman–Crippen LogP) is 2.81. The van der Waals surface area contributed by atoms with Crippen LogP contribution in [0.25, 0.3) is 0 Å². The Morgan fingerprint density at radius 2 is 2.12 bits per heavy atom. The highest BCUT2D eigenvalue weighted by Gasteiger charge is 2.04. The zero-order chi connectivity index (χ0) is 12.8. The largest absolute Gasteiger partial charge is 0.491 e. The van der Waals surface area contributed by atoms with Gasteiger partial charge in [-0.15, -0.1) is 0 Å². The Kier molecular flexibility index (Phi) is 5.01. The molecule has 1 N–H and O–H groups in total. The third-order valence-electron chi connectivity index (χ3n) is 2.41. The molecule has 3 heteroatoms. The zero-order valence-corrected chi connectivity index (χ0v) is 11.0. The molecule has 0 fully saturated rings. The van der Waals surface area contributed by atoms with Gasteiger partial charge in [-0.3, -0.25) is 4.79 Å². The average Bonchev–Trinajstić information content (AvgIpc) is 2.28. The van der Waals surface area contributed by atoms with Gasteiger partial charge in [-0.1, -0.05) is 19.1 Å². The molecule has 0 saturated carbocycles. The van der Waals surface area contributed by atoms with Gasteiger partial charge < -0.3 is 10.1 Å². The van der Waals surface area contributed by atoms with Crippen molar-refractivity contribution >= 4 is 5.91 Å². The maximum Gasteiger partial charge on any atom is 0.219 e. The lowest BCUT2D eigenvalue weighted by molar-refractivity contribution is -0.120. The van der Waals surface area contributed by atoms with Crippen LogP contribution >= 0.6 is 0 Å². The van der Waals surface area contributed by atoms with E-state index in [2.05, 4.69) is 5.32 Å². The van der Waals surface area contributed by atoms with E-state index in [1.54, 1.807) is 0 Å². The third kappa shape index (κ3) is 4.47. The Morgan fingerprint density at radius 3 is 2.65 bits per heavy atom. The molecule has 0 spiro atoms. The van der Waals surface area contributed by atoms with Crippen LogP contribution < -0.4 is 10.1 Å². The first-order valence-corrected chi connectivity index (χ1v) is 6.05. The van der Waals surface area contributed by atoms with E-state index in [0.29, 0.717) is 13.0 Å². The van der Waals surface area contributed by atoms with Gasteiger partial charge in [-0.2, -0.15) is 0 Å². The molecule has 1 aromatic carbocycles. The summed E-state index contributed by atoms with van der Waals surface area (Å²) < 4.78 is 5.66. The summed E-state index contributed by atoms with van der Waals surface area (Å²) in [6, 6.07) is 6.00. The van der Waals surface area contributed by atoms with Crippen molar-refractivity contribution in [2.45, 2.75) is 46.8 Å². The molecule has 0 aliphatic rings. The van der Waals surface area contributed by atoms with Crippen LogP contribution in [0.15, 0.2) is 18.2 Å². The van der Waals surface area contributed by atoms with E-state index in [1.165, 1.54) is 0 Å². The van der Waals surface area contributed by atoms with Crippen molar-refractivity contribution in [3.63, 3.8) is 0 Å². The second-order valence-corrected chi connectivity index (χ2v) is 4.40. The lowest BCUT2D eigenvalue weighted by Crippen LogP contribution is -2.21. The highest BCUT2D eigenvalue weighted by molar-refractivity contribution is 5.75. The number of aryl methyl sites for hydroxylation is 1. The number of hydrogen-bond acceptors (Lipinski definition) is 2. The summed E-state index contributed by atoms with van der Waals surface area (Å²) in [6.45, 7) is 8.46. The first-order chi connectivity index (χ1) is 8.02. The van der Waals surface area contributed by atoms with Crippen LogP contribution in [0.4, 0.5) is 0 Å². The highest BCUT2D eigenvalue weighted by Crippen LogP contribution is 2.20. The SMILES string of the molecule is CCC(=O)NCc1ccc(OC(C)C)c(C)c1. The lowest BCUT2D eigenvalue weighted by Gasteiger charge is -2.13. The van der Waals surface area contributed by atoms with Crippen LogP contribution in [-0.2, 0) is 11.3 Å². The van der Waals surface area contributed by atoms with Gasteiger partial charge in [-0.25, -0.2) is 0 Å². The van der Waals surface area contributed by atoms with E-state index in [1.807, 2.05) is 45.9 Å². The van der Waals surface area contributed by atoms with Crippen LogP contribution in [-0.4, -0.2) is 12.0 Å². The summed E-state index contributed by atoms with van der Waals surface area (Å²) >= 11 is 0. The van der Waals surface area contributed by atoms with E-state index >= 15 is 0 Å². The summed E-state index contributed by atoms with van der Waals surface area (Å²) in [4.78, 5) is 11.1. The fourth-order valence-corrected chi connectivity index (χ4v) is 1.53. The Balaban J connectivity index is 2.65. The number of nitrogens with one attached hydrogen (secondary N) is 1. The summed E-state index contributed by atoms with van der Waals surface area (Å²) in [6.07, 6.45) is 0.701. The van der Waals surface area contributed by atoms with Gasteiger partial charge in [0.05, 0.1) is 6.10 Å². The molecular formula is C14H21NO2. The predicted molar refractivity (Wildman–Crippen MR) is 69.1 cm³/mol. The molecule has 0 saturated heterocycles. The first-order valence-electron chi connectivity index (χ1n) is 6.05. The number of ether oxygens (including phenoxy) is 1. The van der Waals surface area contributed by atoms with Gasteiger partial charge in [0.2, 0.25) is 5.91 Å². The van der Waals surface area contributed by atoms with Gasteiger partial charge in [0.25, 0.3) is 0 Å². The fourth-order valence-electron chi connectivity index (χ4n) is 1.53. The molecular weight excluding hydrogens is 214 g/mol. The normalized spacial score (nSPS) is 10.4. The quantitative estimate of drug-likeness (QED) is 0.852. The van der Waals surface area contributed by atoms with Crippen LogP contribution in [0.3, 0.4) is 0 Å². The maximum atomic E-state index is 11.1. The molecule has 0 heterocycles. The number of rotatable bonds is 5. The second kappa shape index (κ2) is 6.28. The standard InChI is InChI=1S/C14H21NO2/c1-5-14(16)15-9-12-6-7-13(11(4)8-12)17-10(2)3/h6-8,10H,5,9H2,1-4H3,(H,15,16). The molecule has 0 aliphatic heterocycles. The summed E-state index contributed by atoms with van der Waals surface area (Å²) in [5.74, 6) is 0.982. The van der Waals surface area contributed by atoms with Gasteiger partial charge in [0.15, 0.2) is 0 Å². The van der Waals surface area contributed by atoms with E-state index in [4.69, 9.17) is 4.74 Å². The van der Waals surface area contributed by atoms with Crippen LogP contribution in [0, 0.1) is 6.92 Å². The molecule has 17 heavy (non-hydrogen) atoms. The minimum atomic E-state index is 0.0742. The van der Waals surface area contributed by atoms with Crippen molar-refractivity contribution in [1.29, 1.82) is 0 Å². The van der Waals surface area contributed by atoms with E-state index in [9.17, 15) is 4.79 Å². The van der Waals surface area contributed by atoms with Crippen molar-refractivity contribution in [3.05, 3.63) is 29.3 Å². The minimum Gasteiger partial charge on any atom is -0.491 e.